The van der Waals surface area contributed by atoms with E-state index >= 15 is 0 Å². The van der Waals surface area contributed by atoms with E-state index < -0.39 is 30.3 Å². The molecule has 12 rings (SSSR count). The Balaban J connectivity index is 0.000000159. The van der Waals surface area contributed by atoms with E-state index in [1.165, 1.54) is 17.5 Å². The van der Waals surface area contributed by atoms with Gasteiger partial charge in [-0.05, 0) is 106 Å². The number of nitrogens with one attached hydrogen (secondary N) is 2. The average molecular weight is 1210 g/mol. The smallest absolute Gasteiger partial charge is 0.472 e. The van der Waals surface area contributed by atoms with Crippen LogP contribution in [0, 0.1) is 37.5 Å². The third-order valence-corrected chi connectivity index (χ3v) is 15.3. The van der Waals surface area contributed by atoms with Crippen molar-refractivity contribution >= 4 is 112 Å². The standard InChI is InChI=1S/C25H28N4O4.C18H21BrN4O4.C7H9BO2S2.2O2S/c1-15-3-5-16(6-4-15)19-9-26-21-20(19)27-14-28-23(21)32-22-17-10-29(11-18(22)13-31-12-17)24(30)33-25(2)7-8-25;1-18(2-3-18)27-17(24)23-5-10-7-25-8-11(6-23)15(10)26-16-14-13(21-9-22-16)12(19)4-20-14;1-6-2-4-7(5-3-6)8(9-11)10-12;2*1-3-2/h3-6,9,14,17-18,22,26H,7-8,10-13H2,1-2H3;4,9-11,15,20H,2-3,5-8H2,1H3;2-5,11-12H,1H3;;. The van der Waals surface area contributed by atoms with Gasteiger partial charge in [-0.3, -0.25) is 0 Å². The number of aromatic amines is 2. The minimum absolute atomic E-state index is 0.0560. The number of nitrogens with zero attached hydrogens (tertiary/aromatic N) is 6. The topological polar surface area (TPSA) is 266 Å². The van der Waals surface area contributed by atoms with E-state index in [1.807, 2.05) is 67.2 Å². The van der Waals surface area contributed by atoms with Crippen molar-refractivity contribution in [2.45, 2.75) is 76.8 Å². The molecule has 416 valence electrons. The highest BCUT2D eigenvalue weighted by molar-refractivity contribution is 9.10. The number of aromatic nitrogens is 6. The lowest BCUT2D eigenvalue weighted by atomic mass is 9.80. The van der Waals surface area contributed by atoms with Crippen LogP contribution < -0.4 is 14.9 Å². The van der Waals surface area contributed by atoms with Gasteiger partial charge in [-0.15, -0.1) is 0 Å². The summed E-state index contributed by atoms with van der Waals surface area (Å²) in [5, 5.41) is 0. The second-order valence-corrected chi connectivity index (χ2v) is 21.9. The first-order chi connectivity index (χ1) is 37.6. The van der Waals surface area contributed by atoms with Crippen molar-refractivity contribution in [2.24, 2.45) is 23.7 Å². The average Bonchev–Trinajstić information content (AvgIpc) is 4.30. The summed E-state index contributed by atoms with van der Waals surface area (Å²) in [6, 6.07) is 16.1. The van der Waals surface area contributed by atoms with Crippen LogP contribution in [-0.2, 0) is 50.3 Å². The number of benzene rings is 2. The molecule has 2 saturated carbocycles. The van der Waals surface area contributed by atoms with Gasteiger partial charge in [0, 0.05) is 67.8 Å². The molecule has 4 saturated heterocycles. The molecule has 4 aliphatic heterocycles. The third-order valence-electron chi connectivity index (χ3n) is 14.3. The maximum absolute atomic E-state index is 12.7. The Labute approximate surface area is 476 Å². The molecule has 0 spiro atoms. The zero-order chi connectivity index (χ0) is 55.6. The Morgan fingerprint density at radius 2 is 1.04 bits per heavy atom. The van der Waals surface area contributed by atoms with Crippen LogP contribution in [0.2, 0.25) is 0 Å². The van der Waals surface area contributed by atoms with Crippen LogP contribution in [0.3, 0.4) is 0 Å². The van der Waals surface area contributed by atoms with Crippen LogP contribution in [0.4, 0.5) is 9.59 Å². The normalized spacial score (nSPS) is 22.7. The number of fused-ring (bicyclic) bond motifs is 6. The van der Waals surface area contributed by atoms with E-state index in [0.29, 0.717) is 64.4 Å². The Morgan fingerprint density at radius 1 is 0.641 bits per heavy atom. The molecule has 2 amide bonds. The van der Waals surface area contributed by atoms with Crippen LogP contribution in [0.15, 0.2) is 78.1 Å². The highest BCUT2D eigenvalue weighted by atomic mass is 79.9. The van der Waals surface area contributed by atoms with Crippen molar-refractivity contribution < 1.29 is 63.0 Å². The van der Waals surface area contributed by atoms with Gasteiger partial charge in [0.25, 0.3) is 0 Å². The number of rotatable bonds is 10. The number of carbonyl (C=O) groups excluding carboxylic acids is 2. The van der Waals surface area contributed by atoms with E-state index in [9.17, 15) is 9.59 Å². The molecule has 2 N–H and O–H groups in total. The first kappa shape index (κ1) is 58.7. The highest BCUT2D eigenvalue weighted by Gasteiger charge is 2.49. The monoisotopic (exact) mass is 1210 g/mol. The molecule has 2 aromatic carbocycles. The summed E-state index contributed by atoms with van der Waals surface area (Å²) in [5.41, 5.74) is 8.07. The van der Waals surface area contributed by atoms with Gasteiger partial charge in [-0.25, -0.2) is 19.6 Å². The summed E-state index contributed by atoms with van der Waals surface area (Å²) in [4.78, 5) is 52.9. The van der Waals surface area contributed by atoms with Crippen molar-refractivity contribution in [3.63, 3.8) is 0 Å². The predicted octanol–water partition coefficient (Wildman–Crippen LogP) is 6.76. The van der Waals surface area contributed by atoms with E-state index in [4.69, 9.17) is 53.5 Å². The van der Waals surface area contributed by atoms with Gasteiger partial charge in [0.2, 0.25) is 11.8 Å². The quantitative estimate of drug-likeness (QED) is 0.0627. The molecule has 78 heavy (non-hydrogen) atoms. The molecule has 22 nitrogen and oxygen atoms in total. The maximum atomic E-state index is 12.7. The summed E-state index contributed by atoms with van der Waals surface area (Å²) < 4.78 is 79.2. The Hall–Kier alpha value is -5.46. The minimum atomic E-state index is -0.750. The fraction of sp³-hybridized carbons (Fsp3) is 0.480. The number of likely N-dealkylation sites (tertiary alicyclic amines) is 2. The zero-order valence-corrected chi connectivity index (χ0v) is 48.0. The van der Waals surface area contributed by atoms with Crippen LogP contribution >= 0.6 is 41.7 Å². The number of piperidine rings is 2. The number of amides is 2. The molecule has 28 heteroatoms. The lowest BCUT2D eigenvalue weighted by Gasteiger charge is -2.46. The molecule has 6 aliphatic rings. The van der Waals surface area contributed by atoms with Crippen LogP contribution in [0.5, 0.6) is 11.8 Å². The maximum Gasteiger partial charge on any atom is 0.516 e. The Kier molecular flexibility index (Phi) is 20.1. The lowest BCUT2D eigenvalue weighted by Crippen LogP contribution is -2.59. The number of H-pyrrole nitrogens is 2. The van der Waals surface area contributed by atoms with Crippen molar-refractivity contribution in [3.05, 3.63) is 89.2 Å². The molecule has 4 bridgehead atoms. The van der Waals surface area contributed by atoms with Crippen molar-refractivity contribution in [2.75, 3.05) is 52.6 Å². The number of aryl methyl sites for hydroxylation is 2. The Bertz CT molecular complexity index is 3050. The molecule has 6 aromatic rings. The third kappa shape index (κ3) is 14.7. The first-order valence-corrected chi connectivity index (χ1v) is 27.8. The van der Waals surface area contributed by atoms with Gasteiger partial charge in [0.1, 0.15) is 58.1 Å². The zero-order valence-electron chi connectivity index (χ0n) is 42.9. The number of thiol groups is 2. The SMILES string of the molecule is CC1(OC(=O)N2CC3COCC(C2)C3Oc2ncnc3c(Br)c[nH]c23)CC1.Cc1ccc(-c2c[nH]c3c(OC4C5COCC4CN(C(=O)OC4(C)CC4)C5)ncnc23)cc1.Cc1ccc(B(OS)OS)cc1.O=S=O.O=S=O. The summed E-state index contributed by atoms with van der Waals surface area (Å²) in [6.07, 6.45) is 10.0. The molecular formula is C50H58BBrN8O14S4. The molecule has 6 fully saturated rings. The number of ether oxygens (including phenoxy) is 6. The molecule has 8 heterocycles. The van der Waals surface area contributed by atoms with E-state index in [2.05, 4.69) is 103 Å². The number of hydrogen-bond acceptors (Lipinski definition) is 20. The van der Waals surface area contributed by atoms with Gasteiger partial charge in [0.05, 0.1) is 30.9 Å². The highest BCUT2D eigenvalue weighted by Crippen LogP contribution is 2.42. The number of carbonyl (C=O) groups is 2. The van der Waals surface area contributed by atoms with Crippen molar-refractivity contribution in [3.8, 4) is 22.9 Å². The largest absolute Gasteiger partial charge is 0.516 e. The summed E-state index contributed by atoms with van der Waals surface area (Å²) in [5.74, 6) is 1.37. The first-order valence-electron chi connectivity index (χ1n) is 24.9. The molecule has 4 aromatic heterocycles. The fourth-order valence-corrected chi connectivity index (χ4v) is 10.5. The molecule has 4 atom stereocenters. The van der Waals surface area contributed by atoms with E-state index in [-0.39, 0.29) is 59.3 Å². The van der Waals surface area contributed by atoms with Crippen LogP contribution in [0.25, 0.3) is 33.2 Å². The second kappa shape index (κ2) is 26.7. The minimum Gasteiger partial charge on any atom is -0.472 e. The number of halogens is 1. The lowest BCUT2D eigenvalue weighted by molar-refractivity contribution is -0.111. The second-order valence-electron chi connectivity index (χ2n) is 20.3. The summed E-state index contributed by atoms with van der Waals surface area (Å²) >= 11 is 9.29. The van der Waals surface area contributed by atoms with Crippen molar-refractivity contribution in [1.82, 2.24) is 39.7 Å². The predicted molar refractivity (Wildman–Crippen MR) is 296 cm³/mol. The summed E-state index contributed by atoms with van der Waals surface area (Å²) in [6.45, 7) is 12.5. The van der Waals surface area contributed by atoms with Crippen LogP contribution in [-0.4, -0.2) is 152 Å². The summed E-state index contributed by atoms with van der Waals surface area (Å²) in [7, 11) is -0.516. The van der Waals surface area contributed by atoms with Gasteiger partial charge in [-0.2, -0.15) is 26.8 Å². The van der Waals surface area contributed by atoms with Gasteiger partial charge in [0.15, 0.2) is 0 Å². The van der Waals surface area contributed by atoms with Gasteiger partial charge < -0.3 is 56.4 Å². The number of hydrogen-bond donors (Lipinski definition) is 4. The van der Waals surface area contributed by atoms with E-state index in [0.717, 1.165) is 68.8 Å². The van der Waals surface area contributed by atoms with Crippen LogP contribution in [0.1, 0.15) is 50.7 Å². The van der Waals surface area contributed by atoms with Gasteiger partial charge in [-0.1, -0.05) is 59.7 Å². The molecular weight excluding hydrogens is 1160 g/mol. The molecule has 2 aliphatic carbocycles. The Morgan fingerprint density at radius 3 is 1.46 bits per heavy atom. The molecule has 4 unspecified atom stereocenters. The van der Waals surface area contributed by atoms with Gasteiger partial charge >= 0.3 is 42.4 Å². The fourth-order valence-electron chi connectivity index (χ4n) is 9.64. The molecule has 0 radical (unpaired) electrons. The van der Waals surface area contributed by atoms with Crippen molar-refractivity contribution in [1.29, 1.82) is 0 Å². The van der Waals surface area contributed by atoms with E-state index in [1.54, 1.807) is 6.33 Å².